The lowest BCUT2D eigenvalue weighted by Gasteiger charge is -2.33. The van der Waals surface area contributed by atoms with Gasteiger partial charge in [0.15, 0.2) is 0 Å². The molecule has 0 unspecified atom stereocenters. The van der Waals surface area contributed by atoms with Gasteiger partial charge in [-0.05, 0) is 19.4 Å². The van der Waals surface area contributed by atoms with Crippen LogP contribution in [0.25, 0.3) is 0 Å². The highest BCUT2D eigenvalue weighted by atomic mass is 32.2. The Morgan fingerprint density at radius 2 is 2.21 bits per heavy atom. The molecule has 0 bridgehead atoms. The van der Waals surface area contributed by atoms with Crippen LogP contribution in [0.5, 0.6) is 0 Å². The van der Waals surface area contributed by atoms with E-state index < -0.39 is 0 Å². The van der Waals surface area contributed by atoms with Crippen LogP contribution in [-0.4, -0.2) is 44.6 Å². The van der Waals surface area contributed by atoms with E-state index in [1.807, 2.05) is 6.20 Å². The van der Waals surface area contributed by atoms with E-state index in [0.29, 0.717) is 10.7 Å². The van der Waals surface area contributed by atoms with Gasteiger partial charge in [-0.15, -0.1) is 0 Å². The summed E-state index contributed by atoms with van der Waals surface area (Å²) in [4.78, 5) is 7.14. The molecule has 0 radical (unpaired) electrons. The molecule has 1 saturated heterocycles. The van der Waals surface area contributed by atoms with Crippen molar-refractivity contribution in [2.45, 2.75) is 44.3 Å². The molecule has 0 saturated carbocycles. The van der Waals surface area contributed by atoms with E-state index in [1.54, 1.807) is 0 Å². The predicted molar refractivity (Wildman–Crippen MR) is 83.8 cm³/mol. The Bertz CT molecular complexity index is 394. The molecule has 0 aromatic carbocycles. The molecule has 0 N–H and O–H groups in total. The highest BCUT2D eigenvalue weighted by molar-refractivity contribution is 8.00. The summed E-state index contributed by atoms with van der Waals surface area (Å²) < 4.78 is 2.56. The fourth-order valence-electron chi connectivity index (χ4n) is 2.72. The van der Waals surface area contributed by atoms with Gasteiger partial charge in [-0.1, -0.05) is 20.8 Å². The van der Waals surface area contributed by atoms with Crippen LogP contribution in [0.1, 0.15) is 45.4 Å². The van der Waals surface area contributed by atoms with Gasteiger partial charge in [0.25, 0.3) is 0 Å². The first-order chi connectivity index (χ1) is 8.96. The average Bonchev–Trinajstić information content (AvgIpc) is 2.74. The molecule has 1 aliphatic heterocycles. The second-order valence-electron chi connectivity index (χ2n) is 6.50. The average molecular weight is 281 g/mol. The first-order valence-electron chi connectivity index (χ1n) is 7.29. The zero-order valence-corrected chi connectivity index (χ0v) is 13.5. The van der Waals surface area contributed by atoms with E-state index in [9.17, 15) is 0 Å². The summed E-state index contributed by atoms with van der Waals surface area (Å²) in [5.74, 6) is 3.11. The van der Waals surface area contributed by atoms with Crippen LogP contribution in [-0.2, 0) is 7.05 Å². The van der Waals surface area contributed by atoms with Crippen LogP contribution >= 0.6 is 11.8 Å². The van der Waals surface area contributed by atoms with E-state index in [2.05, 4.69) is 60.2 Å². The molecule has 0 amide bonds. The summed E-state index contributed by atoms with van der Waals surface area (Å²) in [6.07, 6.45) is 6.57. The molecule has 108 valence electrons. The Morgan fingerprint density at radius 1 is 1.42 bits per heavy atom. The number of rotatable bonds is 4. The highest BCUT2D eigenvalue weighted by Gasteiger charge is 2.24. The number of likely N-dealkylation sites (tertiary alicyclic amines) is 1. The van der Waals surface area contributed by atoms with Gasteiger partial charge in [0.05, 0.1) is 0 Å². The van der Waals surface area contributed by atoms with Gasteiger partial charge in [-0.3, -0.25) is 0 Å². The van der Waals surface area contributed by atoms with Crippen LogP contribution in [0.2, 0.25) is 0 Å². The van der Waals surface area contributed by atoms with Gasteiger partial charge in [0, 0.05) is 48.9 Å². The van der Waals surface area contributed by atoms with Crippen molar-refractivity contribution in [1.29, 1.82) is 0 Å². The van der Waals surface area contributed by atoms with Crippen molar-refractivity contribution in [3.63, 3.8) is 0 Å². The second kappa shape index (κ2) is 6.31. The first kappa shape index (κ1) is 14.9. The van der Waals surface area contributed by atoms with Crippen molar-refractivity contribution in [1.82, 2.24) is 14.5 Å². The summed E-state index contributed by atoms with van der Waals surface area (Å²) >= 11 is 2.07. The molecule has 1 aromatic heterocycles. The lowest BCUT2D eigenvalue weighted by molar-refractivity contribution is 0.214. The van der Waals surface area contributed by atoms with Crippen molar-refractivity contribution >= 4 is 11.8 Å². The molecule has 1 atom stereocenters. The van der Waals surface area contributed by atoms with Gasteiger partial charge >= 0.3 is 0 Å². The van der Waals surface area contributed by atoms with Crippen LogP contribution in [0.4, 0.5) is 0 Å². The number of thioether (sulfide) groups is 1. The summed E-state index contributed by atoms with van der Waals surface area (Å²) in [6, 6.07) is 0. The van der Waals surface area contributed by atoms with Crippen LogP contribution in [0.3, 0.4) is 0 Å². The Hall–Kier alpha value is -0.480. The second-order valence-corrected chi connectivity index (χ2v) is 8.42. The minimum atomic E-state index is 0.384. The zero-order valence-electron chi connectivity index (χ0n) is 12.7. The van der Waals surface area contributed by atoms with Gasteiger partial charge in [-0.25, -0.2) is 4.98 Å². The van der Waals surface area contributed by atoms with E-state index in [-0.39, 0.29) is 0 Å². The minimum Gasteiger partial charge on any atom is -0.338 e. The summed E-state index contributed by atoms with van der Waals surface area (Å²) in [6.45, 7) is 10.5. The minimum absolute atomic E-state index is 0.384. The van der Waals surface area contributed by atoms with Gasteiger partial charge in [-0.2, -0.15) is 11.8 Å². The first-order valence-corrected chi connectivity index (χ1v) is 8.28. The van der Waals surface area contributed by atoms with Crippen molar-refractivity contribution in [3.8, 4) is 0 Å². The van der Waals surface area contributed by atoms with E-state index in [1.165, 1.54) is 44.1 Å². The van der Waals surface area contributed by atoms with Crippen molar-refractivity contribution in [3.05, 3.63) is 18.2 Å². The SMILES string of the molecule is Cn1ccnc1[C@H]1CCCN(CCSC(C)(C)C)C1. The van der Waals surface area contributed by atoms with Gasteiger partial charge in [0.1, 0.15) is 5.82 Å². The number of nitrogens with zero attached hydrogens (tertiary/aromatic N) is 3. The van der Waals surface area contributed by atoms with Crippen LogP contribution in [0, 0.1) is 0 Å². The van der Waals surface area contributed by atoms with Gasteiger partial charge in [0.2, 0.25) is 0 Å². The lowest BCUT2D eigenvalue weighted by Crippen LogP contribution is -2.37. The third-order valence-electron chi connectivity index (χ3n) is 3.67. The molecule has 2 rings (SSSR count). The molecular weight excluding hydrogens is 254 g/mol. The Morgan fingerprint density at radius 3 is 2.84 bits per heavy atom. The monoisotopic (exact) mass is 281 g/mol. The lowest BCUT2D eigenvalue weighted by atomic mass is 9.97. The number of piperidine rings is 1. The largest absolute Gasteiger partial charge is 0.338 e. The number of hydrogen-bond donors (Lipinski definition) is 0. The molecule has 4 heteroatoms. The quantitative estimate of drug-likeness (QED) is 0.846. The molecular formula is C15H27N3S. The molecule has 1 aromatic rings. The molecule has 2 heterocycles. The Kier molecular flexibility index (Phi) is 4.96. The Balaban J connectivity index is 1.83. The van der Waals surface area contributed by atoms with Gasteiger partial charge < -0.3 is 9.47 Å². The van der Waals surface area contributed by atoms with E-state index in [4.69, 9.17) is 0 Å². The number of aryl methyl sites for hydroxylation is 1. The fraction of sp³-hybridized carbons (Fsp3) is 0.800. The standard InChI is InChI=1S/C15H27N3S/c1-15(2,3)19-11-10-18-8-5-6-13(12-18)14-16-7-9-17(14)4/h7,9,13H,5-6,8,10-12H2,1-4H3/t13-/m0/s1. The van der Waals surface area contributed by atoms with E-state index in [0.717, 1.165) is 0 Å². The highest BCUT2D eigenvalue weighted by Crippen LogP contribution is 2.27. The maximum atomic E-state index is 4.52. The van der Waals surface area contributed by atoms with Crippen molar-refractivity contribution in [2.75, 3.05) is 25.4 Å². The molecule has 1 aliphatic rings. The normalized spacial score (nSPS) is 21.8. The fourth-order valence-corrected chi connectivity index (χ4v) is 3.68. The predicted octanol–water partition coefficient (Wildman–Crippen LogP) is 3.13. The third kappa shape index (κ3) is 4.53. The molecule has 1 fully saturated rings. The smallest absolute Gasteiger partial charge is 0.112 e. The molecule has 0 spiro atoms. The number of aromatic nitrogens is 2. The van der Waals surface area contributed by atoms with Crippen LogP contribution in [0.15, 0.2) is 12.4 Å². The van der Waals surface area contributed by atoms with Crippen molar-refractivity contribution in [2.24, 2.45) is 7.05 Å². The zero-order chi connectivity index (χ0) is 13.9. The molecule has 3 nitrogen and oxygen atoms in total. The summed E-state index contributed by atoms with van der Waals surface area (Å²) in [5.41, 5.74) is 0. The third-order valence-corrected chi connectivity index (χ3v) is 4.92. The summed E-state index contributed by atoms with van der Waals surface area (Å²) in [7, 11) is 2.11. The molecule has 0 aliphatic carbocycles. The maximum Gasteiger partial charge on any atom is 0.112 e. The number of hydrogen-bond acceptors (Lipinski definition) is 3. The van der Waals surface area contributed by atoms with Crippen molar-refractivity contribution < 1.29 is 0 Å². The topological polar surface area (TPSA) is 21.1 Å². The summed E-state index contributed by atoms with van der Waals surface area (Å²) in [5, 5.41) is 0. The molecule has 19 heavy (non-hydrogen) atoms. The van der Waals surface area contributed by atoms with E-state index >= 15 is 0 Å². The van der Waals surface area contributed by atoms with Crippen LogP contribution < -0.4 is 0 Å². The number of imidazole rings is 1. The Labute approximate surface area is 121 Å². The maximum absolute atomic E-state index is 4.52.